The number of nitrogens with two attached hydrogens (primary N) is 1. The summed E-state index contributed by atoms with van der Waals surface area (Å²) >= 11 is 0. The van der Waals surface area contributed by atoms with Crippen molar-refractivity contribution in [3.63, 3.8) is 0 Å². The van der Waals surface area contributed by atoms with Gasteiger partial charge in [-0.25, -0.2) is 4.98 Å². The van der Waals surface area contributed by atoms with E-state index in [1.165, 1.54) is 0 Å². The lowest BCUT2D eigenvalue weighted by Gasteiger charge is -2.13. The largest absolute Gasteiger partial charge is 0.385 e. The van der Waals surface area contributed by atoms with Gasteiger partial charge >= 0.3 is 0 Å². The Morgan fingerprint density at radius 3 is 3.07 bits per heavy atom. The van der Waals surface area contributed by atoms with Gasteiger partial charge in [0.25, 0.3) is 0 Å². The fourth-order valence-electron chi connectivity index (χ4n) is 1.66. The lowest BCUT2D eigenvalue weighted by atomic mass is 10.1. The zero-order valence-corrected chi connectivity index (χ0v) is 9.65. The molecule has 1 unspecified atom stereocenters. The highest BCUT2D eigenvalue weighted by atomic mass is 16.5. The number of methoxy groups -OCH3 is 1. The Kier molecular flexibility index (Phi) is 5.36. The van der Waals surface area contributed by atoms with Crippen molar-refractivity contribution in [2.24, 2.45) is 5.73 Å². The Morgan fingerprint density at radius 2 is 2.40 bits per heavy atom. The predicted octanol–water partition coefficient (Wildman–Crippen LogP) is 1.72. The van der Waals surface area contributed by atoms with Crippen molar-refractivity contribution in [1.82, 2.24) is 9.55 Å². The first-order valence-electron chi connectivity index (χ1n) is 5.55. The molecule has 2 N–H and O–H groups in total. The standard InChI is InChI=1S/C11H21N3O/c1-3-7-14-8-6-13-11(14)10(12)5-4-9-15-2/h6,8,10H,3-5,7,9,12H2,1-2H3. The summed E-state index contributed by atoms with van der Waals surface area (Å²) in [7, 11) is 1.71. The van der Waals surface area contributed by atoms with Crippen LogP contribution in [0.5, 0.6) is 0 Å². The van der Waals surface area contributed by atoms with Gasteiger partial charge in [-0.15, -0.1) is 0 Å². The number of nitrogens with zero attached hydrogens (tertiary/aromatic N) is 2. The van der Waals surface area contributed by atoms with Crippen LogP contribution in [-0.2, 0) is 11.3 Å². The van der Waals surface area contributed by atoms with Crippen LogP contribution >= 0.6 is 0 Å². The summed E-state index contributed by atoms with van der Waals surface area (Å²) in [5.41, 5.74) is 6.07. The van der Waals surface area contributed by atoms with Crippen LogP contribution in [0.4, 0.5) is 0 Å². The van der Waals surface area contributed by atoms with Gasteiger partial charge in [0.15, 0.2) is 0 Å². The zero-order valence-electron chi connectivity index (χ0n) is 9.65. The van der Waals surface area contributed by atoms with Gasteiger partial charge in [0.2, 0.25) is 0 Å². The van der Waals surface area contributed by atoms with E-state index in [9.17, 15) is 0 Å². The minimum absolute atomic E-state index is 0.0294. The smallest absolute Gasteiger partial charge is 0.125 e. The first-order chi connectivity index (χ1) is 7.29. The maximum atomic E-state index is 6.07. The number of rotatable bonds is 7. The average molecular weight is 211 g/mol. The molecular formula is C11H21N3O. The third-order valence-electron chi connectivity index (χ3n) is 2.41. The van der Waals surface area contributed by atoms with E-state index in [-0.39, 0.29) is 6.04 Å². The molecule has 15 heavy (non-hydrogen) atoms. The third-order valence-corrected chi connectivity index (χ3v) is 2.41. The number of hydrogen-bond donors (Lipinski definition) is 1. The van der Waals surface area contributed by atoms with E-state index < -0.39 is 0 Å². The fraction of sp³-hybridized carbons (Fsp3) is 0.727. The second-order valence-corrected chi connectivity index (χ2v) is 3.72. The molecule has 0 bridgehead atoms. The monoisotopic (exact) mass is 211 g/mol. The quantitative estimate of drug-likeness (QED) is 0.699. The van der Waals surface area contributed by atoms with Crippen LogP contribution < -0.4 is 5.73 Å². The normalized spacial score (nSPS) is 13.0. The van der Waals surface area contributed by atoms with E-state index in [2.05, 4.69) is 16.5 Å². The van der Waals surface area contributed by atoms with Crippen molar-refractivity contribution in [2.45, 2.75) is 38.8 Å². The molecule has 1 aromatic heterocycles. The molecule has 0 aliphatic carbocycles. The summed E-state index contributed by atoms with van der Waals surface area (Å²) in [6.07, 6.45) is 6.83. The van der Waals surface area contributed by atoms with Gasteiger partial charge in [-0.05, 0) is 19.3 Å². The van der Waals surface area contributed by atoms with Crippen LogP contribution in [0.15, 0.2) is 12.4 Å². The van der Waals surface area contributed by atoms with Crippen LogP contribution in [0.3, 0.4) is 0 Å². The molecule has 0 aliphatic rings. The van der Waals surface area contributed by atoms with Gasteiger partial charge < -0.3 is 15.0 Å². The zero-order chi connectivity index (χ0) is 11.1. The number of aryl methyl sites for hydroxylation is 1. The number of aromatic nitrogens is 2. The SMILES string of the molecule is CCCn1ccnc1C(N)CCCOC. The van der Waals surface area contributed by atoms with E-state index in [1.807, 2.05) is 12.4 Å². The molecule has 0 aliphatic heterocycles. The minimum Gasteiger partial charge on any atom is -0.385 e. The van der Waals surface area contributed by atoms with Crippen molar-refractivity contribution < 1.29 is 4.74 Å². The summed E-state index contributed by atoms with van der Waals surface area (Å²) < 4.78 is 7.14. The van der Waals surface area contributed by atoms with Crippen LogP contribution in [0, 0.1) is 0 Å². The number of ether oxygens (including phenoxy) is 1. The van der Waals surface area contributed by atoms with Crippen molar-refractivity contribution in [3.05, 3.63) is 18.2 Å². The summed E-state index contributed by atoms with van der Waals surface area (Å²) in [5.74, 6) is 0.993. The van der Waals surface area contributed by atoms with Crippen LogP contribution in [0.2, 0.25) is 0 Å². The van der Waals surface area contributed by atoms with Crippen molar-refractivity contribution in [1.29, 1.82) is 0 Å². The molecule has 86 valence electrons. The molecule has 1 heterocycles. The molecule has 1 atom stereocenters. The van der Waals surface area contributed by atoms with Crippen molar-refractivity contribution in [3.8, 4) is 0 Å². The van der Waals surface area contributed by atoms with E-state index in [1.54, 1.807) is 7.11 Å². The Morgan fingerprint density at radius 1 is 1.60 bits per heavy atom. The molecule has 0 fully saturated rings. The lowest BCUT2D eigenvalue weighted by molar-refractivity contribution is 0.190. The van der Waals surface area contributed by atoms with Gasteiger partial charge in [0.1, 0.15) is 5.82 Å². The molecule has 0 saturated carbocycles. The summed E-state index contributed by atoms with van der Waals surface area (Å²) in [6, 6.07) is 0.0294. The summed E-state index contributed by atoms with van der Waals surface area (Å²) in [5, 5.41) is 0. The second-order valence-electron chi connectivity index (χ2n) is 3.72. The maximum Gasteiger partial charge on any atom is 0.125 e. The van der Waals surface area contributed by atoms with Gasteiger partial charge in [0.05, 0.1) is 6.04 Å². The fourth-order valence-corrected chi connectivity index (χ4v) is 1.66. The Bertz CT molecular complexity index is 273. The number of imidazole rings is 1. The molecule has 4 heteroatoms. The molecule has 0 aromatic carbocycles. The Labute approximate surface area is 91.4 Å². The molecular weight excluding hydrogens is 190 g/mol. The predicted molar refractivity (Wildman–Crippen MR) is 60.6 cm³/mol. The van der Waals surface area contributed by atoms with E-state index in [4.69, 9.17) is 10.5 Å². The minimum atomic E-state index is 0.0294. The van der Waals surface area contributed by atoms with Gasteiger partial charge in [-0.3, -0.25) is 0 Å². The highest BCUT2D eigenvalue weighted by molar-refractivity contribution is 4.98. The average Bonchev–Trinajstić information content (AvgIpc) is 2.67. The molecule has 1 rings (SSSR count). The summed E-state index contributed by atoms with van der Waals surface area (Å²) in [6.45, 7) is 3.91. The first-order valence-corrected chi connectivity index (χ1v) is 5.55. The van der Waals surface area contributed by atoms with E-state index in [0.717, 1.165) is 38.2 Å². The first kappa shape index (κ1) is 12.2. The van der Waals surface area contributed by atoms with Crippen molar-refractivity contribution in [2.75, 3.05) is 13.7 Å². The van der Waals surface area contributed by atoms with Crippen molar-refractivity contribution >= 4 is 0 Å². The van der Waals surface area contributed by atoms with Gasteiger partial charge in [-0.1, -0.05) is 6.92 Å². The van der Waals surface area contributed by atoms with E-state index >= 15 is 0 Å². The van der Waals surface area contributed by atoms with E-state index in [0.29, 0.717) is 0 Å². The Balaban J connectivity index is 2.48. The molecule has 0 spiro atoms. The summed E-state index contributed by atoms with van der Waals surface area (Å²) in [4.78, 5) is 4.31. The van der Waals surface area contributed by atoms with Crippen LogP contribution in [0.1, 0.15) is 38.1 Å². The third kappa shape index (κ3) is 3.64. The molecule has 4 nitrogen and oxygen atoms in total. The topological polar surface area (TPSA) is 53.1 Å². The molecule has 1 aromatic rings. The highest BCUT2D eigenvalue weighted by Crippen LogP contribution is 2.14. The lowest BCUT2D eigenvalue weighted by Crippen LogP contribution is -2.17. The molecule has 0 radical (unpaired) electrons. The number of hydrogen-bond acceptors (Lipinski definition) is 3. The van der Waals surface area contributed by atoms with Crippen LogP contribution in [-0.4, -0.2) is 23.3 Å². The molecule has 0 saturated heterocycles. The Hall–Kier alpha value is -0.870. The molecule has 0 amide bonds. The maximum absolute atomic E-state index is 6.07. The highest BCUT2D eigenvalue weighted by Gasteiger charge is 2.11. The van der Waals surface area contributed by atoms with Gasteiger partial charge in [0, 0.05) is 32.7 Å². The van der Waals surface area contributed by atoms with Crippen LogP contribution in [0.25, 0.3) is 0 Å². The second kappa shape index (κ2) is 6.58. The van der Waals surface area contributed by atoms with Gasteiger partial charge in [-0.2, -0.15) is 0 Å².